The third-order valence-corrected chi connectivity index (χ3v) is 3.82. The Bertz CT molecular complexity index is 594. The number of ether oxygens (including phenoxy) is 1. The zero-order valence-corrected chi connectivity index (χ0v) is 11.5. The van der Waals surface area contributed by atoms with Gasteiger partial charge in [0.1, 0.15) is 6.61 Å². The maximum Gasteiger partial charge on any atom is 0.414 e. The number of halogens is 3. The second-order valence-electron chi connectivity index (χ2n) is 5.26. The lowest BCUT2D eigenvalue weighted by molar-refractivity contribution is -0.202. The minimum atomic E-state index is -4.25. The molecule has 2 heterocycles. The monoisotopic (exact) mass is 314 g/mol. The largest absolute Gasteiger partial charge is 0.447 e. The summed E-state index contributed by atoms with van der Waals surface area (Å²) in [5.74, 6) is -1.87. The van der Waals surface area contributed by atoms with Crippen molar-refractivity contribution >= 4 is 17.7 Å². The average molecular weight is 314 g/mol. The van der Waals surface area contributed by atoms with Crippen LogP contribution in [-0.2, 0) is 4.74 Å². The number of likely N-dealkylation sites (tertiary alicyclic amines) is 1. The maximum atomic E-state index is 12.4. The molecule has 5 nitrogen and oxygen atoms in total. The first-order valence-corrected chi connectivity index (χ1v) is 6.76. The zero-order valence-electron chi connectivity index (χ0n) is 11.5. The van der Waals surface area contributed by atoms with Gasteiger partial charge in [0.05, 0.1) is 12.5 Å². The molecule has 2 saturated heterocycles. The summed E-state index contributed by atoms with van der Waals surface area (Å²) in [5, 5.41) is 0. The highest BCUT2D eigenvalue weighted by molar-refractivity contribution is 5.96. The number of rotatable bonds is 2. The van der Waals surface area contributed by atoms with Crippen molar-refractivity contribution in [3.8, 4) is 0 Å². The van der Waals surface area contributed by atoms with Crippen LogP contribution in [-0.4, -0.2) is 49.3 Å². The van der Waals surface area contributed by atoms with Gasteiger partial charge in [-0.2, -0.15) is 13.2 Å². The van der Waals surface area contributed by atoms with Crippen molar-refractivity contribution in [1.82, 2.24) is 4.90 Å². The van der Waals surface area contributed by atoms with Crippen LogP contribution in [0, 0.1) is 5.92 Å². The molecular formula is C14H13F3N2O3. The van der Waals surface area contributed by atoms with E-state index in [2.05, 4.69) is 0 Å². The molecule has 2 fully saturated rings. The predicted octanol–water partition coefficient (Wildman–Crippen LogP) is 2.28. The number of hydrogen-bond donors (Lipinski definition) is 0. The molecule has 2 amide bonds. The fourth-order valence-corrected chi connectivity index (χ4v) is 2.45. The van der Waals surface area contributed by atoms with E-state index in [-0.39, 0.29) is 13.1 Å². The Morgan fingerprint density at radius 2 is 1.82 bits per heavy atom. The first-order chi connectivity index (χ1) is 10.4. The molecule has 0 aromatic heterocycles. The maximum absolute atomic E-state index is 12.4. The van der Waals surface area contributed by atoms with E-state index in [9.17, 15) is 22.8 Å². The van der Waals surface area contributed by atoms with Gasteiger partial charge in [0.15, 0.2) is 0 Å². The van der Waals surface area contributed by atoms with Crippen molar-refractivity contribution in [1.29, 1.82) is 0 Å². The Kier molecular flexibility index (Phi) is 3.46. The molecule has 0 bridgehead atoms. The van der Waals surface area contributed by atoms with Gasteiger partial charge in [0.25, 0.3) is 5.91 Å². The standard InChI is InChI=1S/C14H13F3N2O3/c15-14(16,17)10-7-18(8-10)12(20)9-1-3-11(4-2-9)19-5-6-22-13(19)21/h1-4,10H,5-8H2. The van der Waals surface area contributed by atoms with Gasteiger partial charge in [-0.15, -0.1) is 0 Å². The Morgan fingerprint density at radius 3 is 2.32 bits per heavy atom. The molecule has 0 radical (unpaired) electrons. The van der Waals surface area contributed by atoms with Crippen LogP contribution in [0.25, 0.3) is 0 Å². The molecule has 118 valence electrons. The van der Waals surface area contributed by atoms with E-state index in [0.29, 0.717) is 24.4 Å². The van der Waals surface area contributed by atoms with E-state index < -0.39 is 24.1 Å². The van der Waals surface area contributed by atoms with Gasteiger partial charge in [-0.1, -0.05) is 0 Å². The number of amides is 2. The predicted molar refractivity (Wildman–Crippen MR) is 70.6 cm³/mol. The van der Waals surface area contributed by atoms with Gasteiger partial charge < -0.3 is 9.64 Å². The van der Waals surface area contributed by atoms with Crippen LogP contribution in [0.1, 0.15) is 10.4 Å². The molecule has 0 spiro atoms. The number of anilines is 1. The molecule has 0 unspecified atom stereocenters. The number of carbonyl (C=O) groups is 2. The van der Waals surface area contributed by atoms with E-state index in [4.69, 9.17) is 4.74 Å². The molecule has 8 heteroatoms. The Labute approximate surface area is 124 Å². The van der Waals surface area contributed by atoms with Crippen LogP contribution < -0.4 is 4.90 Å². The van der Waals surface area contributed by atoms with Gasteiger partial charge in [0.2, 0.25) is 0 Å². The minimum absolute atomic E-state index is 0.303. The highest BCUT2D eigenvalue weighted by Crippen LogP contribution is 2.34. The molecule has 3 rings (SSSR count). The van der Waals surface area contributed by atoms with Crippen molar-refractivity contribution in [2.75, 3.05) is 31.1 Å². The smallest absolute Gasteiger partial charge is 0.414 e. The summed E-state index contributed by atoms with van der Waals surface area (Å²) in [7, 11) is 0. The topological polar surface area (TPSA) is 49.9 Å². The average Bonchev–Trinajstić information content (AvgIpc) is 2.81. The van der Waals surface area contributed by atoms with E-state index in [1.165, 1.54) is 17.0 Å². The molecule has 0 N–H and O–H groups in total. The summed E-state index contributed by atoms with van der Waals surface area (Å²) in [6, 6.07) is 6.18. The van der Waals surface area contributed by atoms with Crippen LogP contribution in [0.5, 0.6) is 0 Å². The van der Waals surface area contributed by atoms with Gasteiger partial charge in [0, 0.05) is 24.3 Å². The summed E-state index contributed by atoms with van der Waals surface area (Å²) in [5.41, 5.74) is 0.896. The molecule has 0 saturated carbocycles. The number of cyclic esters (lactones) is 1. The van der Waals surface area contributed by atoms with Crippen molar-refractivity contribution in [2.24, 2.45) is 5.92 Å². The lowest BCUT2D eigenvalue weighted by atomic mass is 9.98. The van der Waals surface area contributed by atoms with Crippen molar-refractivity contribution in [2.45, 2.75) is 6.18 Å². The number of hydrogen-bond acceptors (Lipinski definition) is 3. The normalized spacial score (nSPS) is 19.1. The third kappa shape index (κ3) is 2.60. The molecule has 1 aromatic rings. The van der Waals surface area contributed by atoms with E-state index >= 15 is 0 Å². The first kappa shape index (κ1) is 14.7. The Hall–Kier alpha value is -2.25. The number of carbonyl (C=O) groups excluding carboxylic acids is 2. The van der Waals surface area contributed by atoms with E-state index in [1.54, 1.807) is 12.1 Å². The molecule has 0 atom stereocenters. The van der Waals surface area contributed by atoms with E-state index in [0.717, 1.165) is 4.90 Å². The van der Waals surface area contributed by atoms with Crippen molar-refractivity contribution < 1.29 is 27.5 Å². The van der Waals surface area contributed by atoms with Crippen LogP contribution in [0.3, 0.4) is 0 Å². The zero-order chi connectivity index (χ0) is 15.9. The van der Waals surface area contributed by atoms with Gasteiger partial charge in [-0.25, -0.2) is 4.79 Å². The highest BCUT2D eigenvalue weighted by atomic mass is 19.4. The Balaban J connectivity index is 1.64. The lowest BCUT2D eigenvalue weighted by Crippen LogP contribution is -2.55. The fourth-order valence-electron chi connectivity index (χ4n) is 2.45. The lowest BCUT2D eigenvalue weighted by Gasteiger charge is -2.40. The van der Waals surface area contributed by atoms with Crippen LogP contribution in [0.2, 0.25) is 0 Å². The van der Waals surface area contributed by atoms with Gasteiger partial charge in [-0.05, 0) is 24.3 Å². The SMILES string of the molecule is O=C(c1ccc(N2CCOC2=O)cc1)N1CC(C(F)(F)F)C1. The highest BCUT2D eigenvalue weighted by Gasteiger charge is 2.48. The quantitative estimate of drug-likeness (QED) is 0.841. The van der Waals surface area contributed by atoms with Crippen LogP contribution >= 0.6 is 0 Å². The van der Waals surface area contributed by atoms with Crippen molar-refractivity contribution in [3.63, 3.8) is 0 Å². The van der Waals surface area contributed by atoms with Gasteiger partial charge in [-0.3, -0.25) is 9.69 Å². The minimum Gasteiger partial charge on any atom is -0.447 e. The number of alkyl halides is 3. The van der Waals surface area contributed by atoms with Crippen LogP contribution in [0.15, 0.2) is 24.3 Å². The summed E-state index contributed by atoms with van der Waals surface area (Å²) in [6.45, 7) is 0.142. The molecule has 0 aliphatic carbocycles. The molecule has 22 heavy (non-hydrogen) atoms. The molecular weight excluding hydrogens is 301 g/mol. The second kappa shape index (κ2) is 5.19. The molecule has 1 aromatic carbocycles. The summed E-state index contributed by atoms with van der Waals surface area (Å²) in [6.07, 6.45) is -4.70. The summed E-state index contributed by atoms with van der Waals surface area (Å²) >= 11 is 0. The Morgan fingerprint density at radius 1 is 1.18 bits per heavy atom. The second-order valence-corrected chi connectivity index (χ2v) is 5.26. The van der Waals surface area contributed by atoms with Gasteiger partial charge >= 0.3 is 12.3 Å². The number of nitrogens with zero attached hydrogens (tertiary/aromatic N) is 2. The fraction of sp³-hybridized carbons (Fsp3) is 0.429. The molecule has 2 aliphatic rings. The van der Waals surface area contributed by atoms with E-state index in [1.807, 2.05) is 0 Å². The summed E-state index contributed by atoms with van der Waals surface area (Å²) < 4.78 is 42.1. The third-order valence-electron chi connectivity index (χ3n) is 3.82. The van der Waals surface area contributed by atoms with Crippen LogP contribution in [0.4, 0.5) is 23.7 Å². The molecule has 2 aliphatic heterocycles. The van der Waals surface area contributed by atoms with Crippen molar-refractivity contribution in [3.05, 3.63) is 29.8 Å². The number of benzene rings is 1. The first-order valence-electron chi connectivity index (χ1n) is 6.76. The summed E-state index contributed by atoms with van der Waals surface area (Å²) in [4.78, 5) is 26.1.